The first kappa shape index (κ1) is 18.3. The Bertz CT molecular complexity index is 987. The number of fused-ring (bicyclic) bond motifs is 3. The van der Waals surface area contributed by atoms with E-state index in [9.17, 15) is 4.79 Å². The van der Waals surface area contributed by atoms with Crippen LogP contribution in [0.3, 0.4) is 0 Å². The van der Waals surface area contributed by atoms with E-state index in [2.05, 4.69) is 15.3 Å². The maximum Gasteiger partial charge on any atom is 0.237 e. The van der Waals surface area contributed by atoms with Gasteiger partial charge in [0.1, 0.15) is 21.9 Å². The number of amides is 1. The van der Waals surface area contributed by atoms with Crippen LogP contribution in [-0.2, 0) is 17.6 Å². The molecule has 2 aromatic heterocycles. The van der Waals surface area contributed by atoms with Crippen molar-refractivity contribution in [1.82, 2.24) is 9.97 Å². The molecule has 4 rings (SSSR count). The van der Waals surface area contributed by atoms with Crippen molar-refractivity contribution in [2.24, 2.45) is 0 Å². The Morgan fingerprint density at radius 1 is 1.33 bits per heavy atom. The van der Waals surface area contributed by atoms with Gasteiger partial charge in [-0.15, -0.1) is 11.3 Å². The van der Waals surface area contributed by atoms with E-state index in [-0.39, 0.29) is 11.2 Å². The molecule has 2 heterocycles. The van der Waals surface area contributed by atoms with E-state index >= 15 is 0 Å². The van der Waals surface area contributed by atoms with Crippen molar-refractivity contribution in [3.63, 3.8) is 0 Å². The van der Waals surface area contributed by atoms with Gasteiger partial charge >= 0.3 is 0 Å². The van der Waals surface area contributed by atoms with Gasteiger partial charge in [0.15, 0.2) is 0 Å². The van der Waals surface area contributed by atoms with Crippen LogP contribution in [0.25, 0.3) is 10.2 Å². The van der Waals surface area contributed by atoms with E-state index in [1.165, 1.54) is 28.6 Å². The molecule has 3 aromatic rings. The summed E-state index contributed by atoms with van der Waals surface area (Å²) in [6.45, 7) is 4.39. The molecular formula is C20H21N3O2S2. The normalized spacial score (nSPS) is 14.1. The van der Waals surface area contributed by atoms with Gasteiger partial charge < -0.3 is 10.1 Å². The molecule has 0 radical (unpaired) electrons. The highest BCUT2D eigenvalue weighted by atomic mass is 32.2. The zero-order chi connectivity index (χ0) is 18.8. The second kappa shape index (κ2) is 7.86. The number of para-hydroxylation sites is 2. The first-order valence-electron chi connectivity index (χ1n) is 9.12. The highest BCUT2D eigenvalue weighted by molar-refractivity contribution is 8.00. The Morgan fingerprint density at radius 2 is 2.19 bits per heavy atom. The molecule has 0 spiro atoms. The van der Waals surface area contributed by atoms with Crippen molar-refractivity contribution in [3.05, 3.63) is 41.0 Å². The minimum atomic E-state index is -0.283. The van der Waals surface area contributed by atoms with Gasteiger partial charge in [-0.25, -0.2) is 9.97 Å². The van der Waals surface area contributed by atoms with Gasteiger partial charge in [-0.2, -0.15) is 0 Å². The van der Waals surface area contributed by atoms with Gasteiger partial charge in [-0.1, -0.05) is 23.9 Å². The first-order valence-corrected chi connectivity index (χ1v) is 10.8. The summed E-state index contributed by atoms with van der Waals surface area (Å²) in [6, 6.07) is 7.50. The van der Waals surface area contributed by atoms with Crippen LogP contribution in [0.2, 0.25) is 0 Å². The maximum absolute atomic E-state index is 12.8. The van der Waals surface area contributed by atoms with Crippen LogP contribution in [0.4, 0.5) is 5.69 Å². The number of rotatable bonds is 6. The van der Waals surface area contributed by atoms with Gasteiger partial charge in [0.2, 0.25) is 5.91 Å². The Hall–Kier alpha value is -2.12. The lowest BCUT2D eigenvalue weighted by Gasteiger charge is -2.15. The van der Waals surface area contributed by atoms with E-state index in [1.54, 1.807) is 17.7 Å². The van der Waals surface area contributed by atoms with Crippen LogP contribution in [0.5, 0.6) is 5.75 Å². The van der Waals surface area contributed by atoms with Gasteiger partial charge in [-0.3, -0.25) is 4.79 Å². The van der Waals surface area contributed by atoms with Crippen molar-refractivity contribution in [2.45, 2.75) is 43.4 Å². The number of carbonyl (C=O) groups is 1. The van der Waals surface area contributed by atoms with Crippen LogP contribution >= 0.6 is 23.1 Å². The second-order valence-electron chi connectivity index (χ2n) is 6.39. The molecule has 5 nitrogen and oxygen atoms in total. The highest BCUT2D eigenvalue weighted by Gasteiger charge is 2.24. The van der Waals surface area contributed by atoms with Crippen molar-refractivity contribution < 1.29 is 9.53 Å². The van der Waals surface area contributed by atoms with Crippen LogP contribution in [0.15, 0.2) is 35.6 Å². The molecule has 0 bridgehead atoms. The minimum absolute atomic E-state index is 0.0641. The molecule has 0 saturated heterocycles. The van der Waals surface area contributed by atoms with Crippen LogP contribution < -0.4 is 10.1 Å². The molecule has 140 valence electrons. The summed E-state index contributed by atoms with van der Waals surface area (Å²) >= 11 is 3.26. The lowest BCUT2D eigenvalue weighted by atomic mass is 10.2. The van der Waals surface area contributed by atoms with E-state index < -0.39 is 0 Å². The number of thioether (sulfide) groups is 1. The average molecular weight is 400 g/mol. The largest absolute Gasteiger partial charge is 0.492 e. The summed E-state index contributed by atoms with van der Waals surface area (Å²) in [4.78, 5) is 24.1. The second-order valence-corrected chi connectivity index (χ2v) is 8.81. The fourth-order valence-electron chi connectivity index (χ4n) is 3.30. The molecule has 27 heavy (non-hydrogen) atoms. The third-order valence-electron chi connectivity index (χ3n) is 4.57. The predicted molar refractivity (Wildman–Crippen MR) is 111 cm³/mol. The fraction of sp³-hybridized carbons (Fsp3) is 0.350. The number of aryl methyl sites for hydroxylation is 2. The summed E-state index contributed by atoms with van der Waals surface area (Å²) in [7, 11) is 0. The van der Waals surface area contributed by atoms with Crippen LogP contribution in [0, 0.1) is 0 Å². The zero-order valence-corrected chi connectivity index (χ0v) is 17.0. The first-order chi connectivity index (χ1) is 13.2. The Morgan fingerprint density at radius 3 is 3.04 bits per heavy atom. The molecule has 0 fully saturated rings. The third kappa shape index (κ3) is 3.66. The van der Waals surface area contributed by atoms with Crippen molar-refractivity contribution >= 4 is 44.9 Å². The van der Waals surface area contributed by atoms with Crippen molar-refractivity contribution in [3.8, 4) is 5.75 Å². The zero-order valence-electron chi connectivity index (χ0n) is 15.3. The lowest BCUT2D eigenvalue weighted by molar-refractivity contribution is -0.115. The van der Waals surface area contributed by atoms with E-state index in [0.29, 0.717) is 18.0 Å². The quantitative estimate of drug-likeness (QED) is 0.481. The number of nitrogens with one attached hydrogen (secondary N) is 1. The monoisotopic (exact) mass is 399 g/mol. The van der Waals surface area contributed by atoms with E-state index in [0.717, 1.165) is 28.1 Å². The fourth-order valence-corrected chi connectivity index (χ4v) is 5.54. The molecule has 1 aliphatic rings. The SMILES string of the molecule is CCOc1ccccc1NC(=O)C(C)Sc1ncnc2sc3c(c12)CCC3. The molecule has 1 aromatic carbocycles. The van der Waals surface area contributed by atoms with Crippen LogP contribution in [0.1, 0.15) is 30.7 Å². The Balaban J connectivity index is 1.54. The number of carbonyl (C=O) groups excluding carboxylic acids is 1. The summed E-state index contributed by atoms with van der Waals surface area (Å²) in [6.07, 6.45) is 5.01. The molecular weight excluding hydrogens is 378 g/mol. The van der Waals surface area contributed by atoms with Crippen LogP contribution in [-0.4, -0.2) is 27.7 Å². The molecule has 1 unspecified atom stereocenters. The smallest absolute Gasteiger partial charge is 0.237 e. The standard InChI is InChI=1S/C20H21N3O2S2/c1-3-25-15-9-5-4-8-14(15)23-18(24)12(2)26-19-17-13-7-6-10-16(13)27-20(17)22-11-21-19/h4-5,8-9,11-12H,3,6-7,10H2,1-2H3,(H,23,24). The molecule has 1 atom stereocenters. The lowest BCUT2D eigenvalue weighted by Crippen LogP contribution is -2.23. The average Bonchev–Trinajstić information content (AvgIpc) is 3.24. The molecule has 1 amide bonds. The number of nitrogens with zero attached hydrogens (tertiary/aromatic N) is 2. The van der Waals surface area contributed by atoms with E-state index in [1.807, 2.05) is 38.1 Å². The number of hydrogen-bond donors (Lipinski definition) is 1. The maximum atomic E-state index is 12.8. The number of anilines is 1. The minimum Gasteiger partial charge on any atom is -0.492 e. The summed E-state index contributed by atoms with van der Waals surface area (Å²) in [5.74, 6) is 0.622. The molecule has 1 aliphatic carbocycles. The summed E-state index contributed by atoms with van der Waals surface area (Å²) in [5.41, 5.74) is 2.08. The molecule has 0 aliphatic heterocycles. The van der Waals surface area contributed by atoms with Crippen molar-refractivity contribution in [1.29, 1.82) is 0 Å². The number of aromatic nitrogens is 2. The number of ether oxygens (including phenoxy) is 1. The molecule has 0 saturated carbocycles. The highest BCUT2D eigenvalue weighted by Crippen LogP contribution is 2.41. The van der Waals surface area contributed by atoms with Gasteiger partial charge in [0, 0.05) is 10.3 Å². The topological polar surface area (TPSA) is 64.1 Å². The number of thiophene rings is 1. The van der Waals surface area contributed by atoms with Crippen molar-refractivity contribution in [2.75, 3.05) is 11.9 Å². The molecule has 7 heteroatoms. The Labute approximate surface area is 166 Å². The third-order valence-corrected chi connectivity index (χ3v) is 6.87. The predicted octanol–water partition coefficient (Wildman–Crippen LogP) is 4.70. The van der Waals surface area contributed by atoms with E-state index in [4.69, 9.17) is 4.74 Å². The summed E-state index contributed by atoms with van der Waals surface area (Å²) in [5, 5.41) is 4.75. The Kier molecular flexibility index (Phi) is 5.31. The van der Waals surface area contributed by atoms with Gasteiger partial charge in [0.25, 0.3) is 0 Å². The summed E-state index contributed by atoms with van der Waals surface area (Å²) < 4.78 is 5.59. The molecule has 1 N–H and O–H groups in total. The number of hydrogen-bond acceptors (Lipinski definition) is 6. The van der Waals surface area contributed by atoms with Gasteiger partial charge in [0.05, 0.1) is 17.5 Å². The van der Waals surface area contributed by atoms with Gasteiger partial charge in [-0.05, 0) is 50.8 Å². The number of benzene rings is 1.